The fourth-order valence-corrected chi connectivity index (χ4v) is 4.15. The highest BCUT2D eigenvalue weighted by molar-refractivity contribution is 6.30. The van der Waals surface area contributed by atoms with Crippen LogP contribution in [0.15, 0.2) is 17.9 Å². The van der Waals surface area contributed by atoms with Crippen LogP contribution in [0.3, 0.4) is 0 Å². The van der Waals surface area contributed by atoms with Crippen LogP contribution in [0.4, 0.5) is 18.0 Å². The van der Waals surface area contributed by atoms with Crippen molar-refractivity contribution in [3.63, 3.8) is 0 Å². The van der Waals surface area contributed by atoms with Crippen LogP contribution in [0.1, 0.15) is 49.3 Å². The van der Waals surface area contributed by atoms with E-state index in [0.29, 0.717) is 11.4 Å². The Kier molecular flexibility index (Phi) is 8.98. The number of carbonyl (C=O) groups is 2. The summed E-state index contributed by atoms with van der Waals surface area (Å²) in [5, 5.41) is 3.27. The van der Waals surface area contributed by atoms with Gasteiger partial charge in [0.2, 0.25) is 6.41 Å². The van der Waals surface area contributed by atoms with E-state index in [1.165, 1.54) is 0 Å². The summed E-state index contributed by atoms with van der Waals surface area (Å²) in [6, 6.07) is 3.51. The SMILES string of the molecule is CCOC(=O)O/C(=C\c1c(C)cc(Cl)cc1C)C1(NC=O)CCC(OCC(F)(F)F)CC1. The van der Waals surface area contributed by atoms with E-state index in [2.05, 4.69) is 5.32 Å². The summed E-state index contributed by atoms with van der Waals surface area (Å²) in [4.78, 5) is 23.6. The maximum absolute atomic E-state index is 12.5. The zero-order chi connectivity index (χ0) is 23.9. The normalized spacial score (nSPS) is 21.7. The topological polar surface area (TPSA) is 73.9 Å². The van der Waals surface area contributed by atoms with Crippen molar-refractivity contribution in [1.29, 1.82) is 0 Å². The van der Waals surface area contributed by atoms with Crippen molar-refractivity contribution in [2.75, 3.05) is 13.2 Å². The molecule has 0 spiro atoms. The molecule has 0 radical (unpaired) electrons. The standard InChI is InChI=1S/C22H27ClF3NO5/c1-4-30-20(29)32-19(11-18-14(2)9-16(23)10-15(18)3)21(27-13-28)7-5-17(6-8-21)31-12-22(24,25)26/h9-11,13,17H,4-8,12H2,1-3H3,(H,27,28)/b19-11-. The summed E-state index contributed by atoms with van der Waals surface area (Å²) >= 11 is 6.11. The van der Waals surface area contributed by atoms with Crippen molar-refractivity contribution in [3.8, 4) is 0 Å². The predicted molar refractivity (Wildman–Crippen MR) is 113 cm³/mol. The van der Waals surface area contributed by atoms with E-state index in [0.717, 1.165) is 16.7 Å². The number of amides is 1. The van der Waals surface area contributed by atoms with E-state index < -0.39 is 30.6 Å². The number of nitrogens with one attached hydrogen (secondary N) is 1. The Balaban J connectivity index is 2.39. The molecule has 1 aliphatic rings. The Bertz CT molecular complexity index is 825. The largest absolute Gasteiger partial charge is 0.513 e. The number of aryl methyl sites for hydroxylation is 2. The molecule has 1 fully saturated rings. The Hall–Kier alpha value is -2.26. The lowest BCUT2D eigenvalue weighted by atomic mass is 9.78. The van der Waals surface area contributed by atoms with Gasteiger partial charge in [-0.25, -0.2) is 4.79 Å². The minimum atomic E-state index is -4.42. The van der Waals surface area contributed by atoms with Crippen LogP contribution in [-0.4, -0.2) is 43.6 Å². The number of halogens is 4. The zero-order valence-electron chi connectivity index (χ0n) is 18.2. The second-order valence-electron chi connectivity index (χ2n) is 7.72. The average molecular weight is 478 g/mol. The van der Waals surface area contributed by atoms with Crippen LogP contribution in [0.25, 0.3) is 6.08 Å². The second-order valence-corrected chi connectivity index (χ2v) is 8.15. The number of hydrogen-bond donors (Lipinski definition) is 1. The fourth-order valence-electron chi connectivity index (χ4n) is 3.82. The molecule has 0 heterocycles. The van der Waals surface area contributed by atoms with Crippen LogP contribution in [0.5, 0.6) is 0 Å². The Morgan fingerprint density at radius 3 is 2.34 bits per heavy atom. The van der Waals surface area contributed by atoms with Crippen LogP contribution in [0.2, 0.25) is 5.02 Å². The number of hydrogen-bond acceptors (Lipinski definition) is 5. The lowest BCUT2D eigenvalue weighted by Crippen LogP contribution is -2.51. The molecular formula is C22H27ClF3NO5. The third-order valence-corrected chi connectivity index (χ3v) is 5.58. The van der Waals surface area contributed by atoms with E-state index >= 15 is 0 Å². The van der Waals surface area contributed by atoms with E-state index in [4.69, 9.17) is 25.8 Å². The Morgan fingerprint density at radius 2 is 1.84 bits per heavy atom. The van der Waals surface area contributed by atoms with Gasteiger partial charge in [0, 0.05) is 5.02 Å². The molecule has 0 unspecified atom stereocenters. The molecule has 1 saturated carbocycles. The minimum absolute atomic E-state index is 0.0899. The summed E-state index contributed by atoms with van der Waals surface area (Å²) in [5.74, 6) is 0.144. The van der Waals surface area contributed by atoms with Gasteiger partial charge in [-0.05, 0) is 81.4 Å². The summed E-state index contributed by atoms with van der Waals surface area (Å²) in [5.41, 5.74) is 1.29. The lowest BCUT2D eigenvalue weighted by molar-refractivity contribution is -0.189. The first-order valence-electron chi connectivity index (χ1n) is 10.2. The average Bonchev–Trinajstić information content (AvgIpc) is 2.69. The first-order valence-corrected chi connectivity index (χ1v) is 10.6. The number of ether oxygens (including phenoxy) is 3. The summed E-state index contributed by atoms with van der Waals surface area (Å²) in [6.45, 7) is 4.06. The van der Waals surface area contributed by atoms with Gasteiger partial charge >= 0.3 is 12.3 Å². The smallest absolute Gasteiger partial charge is 0.434 e. The van der Waals surface area contributed by atoms with E-state index in [1.807, 2.05) is 13.8 Å². The number of benzene rings is 1. The van der Waals surface area contributed by atoms with E-state index in [-0.39, 0.29) is 38.0 Å². The predicted octanol–water partition coefficient (Wildman–Crippen LogP) is 5.48. The van der Waals surface area contributed by atoms with E-state index in [9.17, 15) is 22.8 Å². The molecule has 1 N–H and O–H groups in total. The Morgan fingerprint density at radius 1 is 1.25 bits per heavy atom. The van der Waals surface area contributed by atoms with Crippen LogP contribution >= 0.6 is 11.6 Å². The highest BCUT2D eigenvalue weighted by Gasteiger charge is 2.42. The molecule has 0 aliphatic heterocycles. The summed E-state index contributed by atoms with van der Waals surface area (Å²) in [6.07, 6.45) is -2.95. The van der Waals surface area contributed by atoms with Crippen molar-refractivity contribution in [3.05, 3.63) is 39.6 Å². The van der Waals surface area contributed by atoms with Crippen LogP contribution in [-0.2, 0) is 19.0 Å². The molecular weight excluding hydrogens is 451 g/mol. The second kappa shape index (κ2) is 11.0. The van der Waals surface area contributed by atoms with Crippen molar-refractivity contribution in [2.24, 2.45) is 0 Å². The van der Waals surface area contributed by atoms with E-state index in [1.54, 1.807) is 25.1 Å². The molecule has 1 aromatic carbocycles. The van der Waals surface area contributed by atoms with Gasteiger partial charge in [-0.2, -0.15) is 13.2 Å². The van der Waals surface area contributed by atoms with Crippen molar-refractivity contribution < 1.29 is 37.0 Å². The first-order chi connectivity index (χ1) is 15.0. The van der Waals surface area contributed by atoms with Gasteiger partial charge < -0.3 is 19.5 Å². The number of carbonyl (C=O) groups excluding carboxylic acids is 2. The highest BCUT2D eigenvalue weighted by Crippen LogP contribution is 2.38. The van der Waals surface area contributed by atoms with Crippen molar-refractivity contribution >= 4 is 30.2 Å². The number of rotatable bonds is 8. The lowest BCUT2D eigenvalue weighted by Gasteiger charge is -2.40. The maximum atomic E-state index is 12.5. The molecule has 1 aliphatic carbocycles. The third-order valence-electron chi connectivity index (χ3n) is 5.37. The van der Waals surface area contributed by atoms with Gasteiger partial charge in [0.05, 0.1) is 18.2 Å². The molecule has 10 heteroatoms. The summed E-state index contributed by atoms with van der Waals surface area (Å²) < 4.78 is 52.9. The van der Waals surface area contributed by atoms with Crippen LogP contribution in [0, 0.1) is 13.8 Å². The van der Waals surface area contributed by atoms with Gasteiger partial charge in [0.1, 0.15) is 12.4 Å². The van der Waals surface area contributed by atoms with Crippen LogP contribution < -0.4 is 5.32 Å². The molecule has 0 saturated heterocycles. The highest BCUT2D eigenvalue weighted by atomic mass is 35.5. The quantitative estimate of drug-likeness (QED) is 0.305. The zero-order valence-corrected chi connectivity index (χ0v) is 18.9. The monoisotopic (exact) mass is 477 g/mol. The fraction of sp³-hybridized carbons (Fsp3) is 0.545. The maximum Gasteiger partial charge on any atom is 0.513 e. The molecule has 1 aromatic rings. The molecule has 6 nitrogen and oxygen atoms in total. The molecule has 1 amide bonds. The van der Waals surface area contributed by atoms with Gasteiger partial charge in [-0.3, -0.25) is 4.79 Å². The van der Waals surface area contributed by atoms with Crippen molar-refractivity contribution in [1.82, 2.24) is 5.32 Å². The van der Waals surface area contributed by atoms with Crippen molar-refractivity contribution in [2.45, 2.75) is 64.3 Å². The van der Waals surface area contributed by atoms with Gasteiger partial charge in [0.25, 0.3) is 0 Å². The molecule has 32 heavy (non-hydrogen) atoms. The van der Waals surface area contributed by atoms with Gasteiger partial charge in [0.15, 0.2) is 0 Å². The number of alkyl halides is 3. The minimum Gasteiger partial charge on any atom is -0.434 e. The van der Waals surface area contributed by atoms with Gasteiger partial charge in [-0.1, -0.05) is 11.6 Å². The molecule has 0 bridgehead atoms. The Labute approximate surface area is 190 Å². The van der Waals surface area contributed by atoms with Gasteiger partial charge in [-0.15, -0.1) is 0 Å². The first kappa shape index (κ1) is 26.0. The molecule has 0 atom stereocenters. The molecule has 2 rings (SSSR count). The molecule has 178 valence electrons. The summed E-state index contributed by atoms with van der Waals surface area (Å²) in [7, 11) is 0. The third kappa shape index (κ3) is 7.13. The molecule has 0 aromatic heterocycles.